The van der Waals surface area contributed by atoms with Crippen molar-refractivity contribution >= 4 is 49.3 Å². The molecule has 0 aliphatic heterocycles. The zero-order valence-corrected chi connectivity index (χ0v) is 14.8. The van der Waals surface area contributed by atoms with Crippen LogP contribution in [0, 0.1) is 5.41 Å². The monoisotopic (exact) mass is 432 g/mol. The van der Waals surface area contributed by atoms with Gasteiger partial charge >= 0.3 is 0 Å². The molecule has 2 rings (SSSR count). The van der Waals surface area contributed by atoms with Crippen molar-refractivity contribution in [2.24, 2.45) is 5.73 Å². The average Bonchev–Trinajstić information content (AvgIpc) is 2.44. The molecule has 0 saturated heterocycles. The molecule has 0 spiro atoms. The standard InChI is InChI=1S/C14H11Br2ClN2O2/c1-20-12-5-9(16)13(6-8(12)15)21-11-3-2-7(14(18)19)4-10(11)17/h2-6H,1H3,(H3,18,19). The molecule has 0 unspecified atom stereocenters. The molecule has 110 valence electrons. The normalized spacial score (nSPS) is 10.3. The van der Waals surface area contributed by atoms with E-state index in [1.165, 1.54) is 0 Å². The predicted molar refractivity (Wildman–Crippen MR) is 90.9 cm³/mol. The van der Waals surface area contributed by atoms with Crippen LogP contribution in [0.4, 0.5) is 0 Å². The van der Waals surface area contributed by atoms with Gasteiger partial charge in [0.25, 0.3) is 0 Å². The molecule has 0 saturated carbocycles. The van der Waals surface area contributed by atoms with Crippen LogP contribution in [-0.2, 0) is 0 Å². The number of halogens is 3. The van der Waals surface area contributed by atoms with Crippen LogP contribution >= 0.6 is 43.5 Å². The van der Waals surface area contributed by atoms with Gasteiger partial charge < -0.3 is 15.2 Å². The maximum Gasteiger partial charge on any atom is 0.146 e. The van der Waals surface area contributed by atoms with Crippen molar-refractivity contribution < 1.29 is 9.47 Å². The Kier molecular flexibility index (Phi) is 5.13. The fraction of sp³-hybridized carbons (Fsp3) is 0.0714. The lowest BCUT2D eigenvalue weighted by atomic mass is 10.2. The number of hydrogen-bond acceptors (Lipinski definition) is 3. The van der Waals surface area contributed by atoms with Crippen LogP contribution in [0.1, 0.15) is 5.56 Å². The van der Waals surface area contributed by atoms with E-state index in [-0.39, 0.29) is 5.84 Å². The van der Waals surface area contributed by atoms with Crippen molar-refractivity contribution in [1.82, 2.24) is 0 Å². The first-order valence-electron chi connectivity index (χ1n) is 5.77. The van der Waals surface area contributed by atoms with E-state index in [9.17, 15) is 0 Å². The highest BCUT2D eigenvalue weighted by molar-refractivity contribution is 9.11. The number of amidine groups is 1. The molecular formula is C14H11Br2ClN2O2. The number of rotatable bonds is 4. The third-order valence-electron chi connectivity index (χ3n) is 2.67. The summed E-state index contributed by atoms with van der Waals surface area (Å²) in [6.45, 7) is 0. The number of hydrogen-bond donors (Lipinski definition) is 2. The lowest BCUT2D eigenvalue weighted by molar-refractivity contribution is 0.409. The van der Waals surface area contributed by atoms with Gasteiger partial charge in [-0.15, -0.1) is 0 Å². The summed E-state index contributed by atoms with van der Waals surface area (Å²) in [7, 11) is 1.59. The SMILES string of the molecule is COc1cc(Br)c(Oc2ccc(C(=N)N)cc2Cl)cc1Br. The second-order valence-corrected chi connectivity index (χ2v) is 6.19. The summed E-state index contributed by atoms with van der Waals surface area (Å²) < 4.78 is 12.5. The molecule has 0 aliphatic rings. The van der Waals surface area contributed by atoms with Gasteiger partial charge in [0.05, 0.1) is 21.1 Å². The van der Waals surface area contributed by atoms with E-state index in [0.29, 0.717) is 27.8 Å². The van der Waals surface area contributed by atoms with Gasteiger partial charge in [-0.1, -0.05) is 11.6 Å². The van der Waals surface area contributed by atoms with Gasteiger partial charge in [0.1, 0.15) is 23.1 Å². The van der Waals surface area contributed by atoms with E-state index < -0.39 is 0 Å². The Hall–Kier alpha value is -1.24. The quantitative estimate of drug-likeness (QED) is 0.529. The van der Waals surface area contributed by atoms with Crippen molar-refractivity contribution in [2.45, 2.75) is 0 Å². The van der Waals surface area contributed by atoms with Gasteiger partial charge in [0, 0.05) is 5.56 Å². The zero-order valence-electron chi connectivity index (χ0n) is 10.9. The van der Waals surface area contributed by atoms with Crippen LogP contribution < -0.4 is 15.2 Å². The summed E-state index contributed by atoms with van der Waals surface area (Å²) in [6, 6.07) is 8.50. The summed E-state index contributed by atoms with van der Waals surface area (Å²) in [4.78, 5) is 0. The lowest BCUT2D eigenvalue weighted by Crippen LogP contribution is -2.10. The average molecular weight is 435 g/mol. The van der Waals surface area contributed by atoms with Crippen LogP contribution in [0.15, 0.2) is 39.3 Å². The van der Waals surface area contributed by atoms with Crippen molar-refractivity contribution in [3.8, 4) is 17.2 Å². The molecule has 4 nitrogen and oxygen atoms in total. The van der Waals surface area contributed by atoms with Crippen molar-refractivity contribution in [3.63, 3.8) is 0 Å². The first-order valence-corrected chi connectivity index (χ1v) is 7.73. The Morgan fingerprint density at radius 1 is 1.10 bits per heavy atom. The van der Waals surface area contributed by atoms with Crippen LogP contribution in [0.3, 0.4) is 0 Å². The summed E-state index contributed by atoms with van der Waals surface area (Å²) in [5.41, 5.74) is 5.96. The molecule has 0 fully saturated rings. The van der Waals surface area contributed by atoms with E-state index in [4.69, 9.17) is 32.2 Å². The number of ether oxygens (including phenoxy) is 2. The molecule has 0 atom stereocenters. The van der Waals surface area contributed by atoms with Gasteiger partial charge in [-0.2, -0.15) is 0 Å². The Labute approximate surface area is 144 Å². The van der Waals surface area contributed by atoms with Gasteiger partial charge in [-0.05, 0) is 62.2 Å². The fourth-order valence-corrected chi connectivity index (χ4v) is 2.72. The third kappa shape index (κ3) is 3.70. The van der Waals surface area contributed by atoms with E-state index in [0.717, 1.165) is 8.95 Å². The molecule has 2 aromatic rings. The fourth-order valence-electron chi connectivity index (χ4n) is 1.61. The molecule has 0 radical (unpaired) electrons. The highest BCUT2D eigenvalue weighted by atomic mass is 79.9. The van der Waals surface area contributed by atoms with E-state index in [1.807, 2.05) is 0 Å². The Morgan fingerprint density at radius 2 is 1.71 bits per heavy atom. The molecule has 0 aliphatic carbocycles. The number of methoxy groups -OCH3 is 1. The molecule has 2 aromatic carbocycles. The van der Waals surface area contributed by atoms with Crippen molar-refractivity contribution in [1.29, 1.82) is 5.41 Å². The van der Waals surface area contributed by atoms with Crippen LogP contribution in [0.2, 0.25) is 5.02 Å². The van der Waals surface area contributed by atoms with Crippen LogP contribution in [0.5, 0.6) is 17.2 Å². The van der Waals surface area contributed by atoms with Crippen molar-refractivity contribution in [2.75, 3.05) is 7.11 Å². The van der Waals surface area contributed by atoms with E-state index in [2.05, 4.69) is 31.9 Å². The lowest BCUT2D eigenvalue weighted by Gasteiger charge is -2.12. The predicted octanol–water partition coefficient (Wildman–Crippen LogP) is 4.95. The minimum atomic E-state index is -0.0446. The summed E-state index contributed by atoms with van der Waals surface area (Å²) in [5.74, 6) is 1.70. The molecule has 7 heteroatoms. The maximum atomic E-state index is 7.38. The van der Waals surface area contributed by atoms with Gasteiger partial charge in [0.2, 0.25) is 0 Å². The molecule has 21 heavy (non-hydrogen) atoms. The molecule has 0 amide bonds. The Bertz CT molecular complexity index is 708. The first kappa shape index (κ1) is 16.1. The minimum absolute atomic E-state index is 0.0446. The first-order chi connectivity index (χ1) is 9.92. The third-order valence-corrected chi connectivity index (χ3v) is 4.20. The Morgan fingerprint density at radius 3 is 2.29 bits per heavy atom. The molecular weight excluding hydrogens is 423 g/mol. The summed E-state index contributed by atoms with van der Waals surface area (Å²) in [6.07, 6.45) is 0. The number of nitrogens with two attached hydrogens (primary N) is 1. The number of nitrogen functional groups attached to an aromatic ring is 1. The van der Waals surface area contributed by atoms with Gasteiger partial charge in [-0.3, -0.25) is 5.41 Å². The summed E-state index contributed by atoms with van der Waals surface area (Å²) in [5, 5.41) is 7.76. The minimum Gasteiger partial charge on any atom is -0.496 e. The smallest absolute Gasteiger partial charge is 0.146 e. The van der Waals surface area contributed by atoms with Crippen molar-refractivity contribution in [3.05, 3.63) is 49.9 Å². The molecule has 0 heterocycles. The van der Waals surface area contributed by atoms with E-state index in [1.54, 1.807) is 37.4 Å². The van der Waals surface area contributed by atoms with Gasteiger partial charge in [-0.25, -0.2) is 0 Å². The largest absolute Gasteiger partial charge is 0.496 e. The second-order valence-electron chi connectivity index (χ2n) is 4.08. The topological polar surface area (TPSA) is 68.3 Å². The Balaban J connectivity index is 2.34. The maximum absolute atomic E-state index is 7.38. The van der Waals surface area contributed by atoms with Crippen LogP contribution in [-0.4, -0.2) is 12.9 Å². The summed E-state index contributed by atoms with van der Waals surface area (Å²) >= 11 is 13.0. The van der Waals surface area contributed by atoms with Gasteiger partial charge in [0.15, 0.2) is 0 Å². The second kappa shape index (κ2) is 6.68. The number of benzene rings is 2. The highest BCUT2D eigenvalue weighted by Gasteiger charge is 2.11. The molecule has 0 bridgehead atoms. The van der Waals surface area contributed by atoms with E-state index >= 15 is 0 Å². The molecule has 3 N–H and O–H groups in total. The number of nitrogens with one attached hydrogen (secondary N) is 1. The highest BCUT2D eigenvalue weighted by Crippen LogP contribution is 2.39. The molecule has 0 aromatic heterocycles. The van der Waals surface area contributed by atoms with Crippen LogP contribution in [0.25, 0.3) is 0 Å². The zero-order chi connectivity index (χ0) is 15.6.